The quantitative estimate of drug-likeness (QED) is 0.610. The standard InChI is InChI=1S/C15H16O2.2C3H6O2/c1-15(2,11-3-7-13(16)8-4-11)12-5-9-14(17)10-6-12;2*4-1-3-2-5-3/h3-10,16-17H,1-2H3;2*3-4H,1-2H2. The van der Waals surface area contributed by atoms with Crippen molar-refractivity contribution >= 4 is 0 Å². The van der Waals surface area contributed by atoms with E-state index < -0.39 is 0 Å². The lowest BCUT2D eigenvalue weighted by atomic mass is 9.78. The molecular weight excluding hydrogens is 348 g/mol. The fraction of sp³-hybridized carbons (Fsp3) is 0.429. The number of hydrogen-bond donors (Lipinski definition) is 4. The van der Waals surface area contributed by atoms with Gasteiger partial charge in [0, 0.05) is 5.41 Å². The Balaban J connectivity index is 0.000000210. The van der Waals surface area contributed by atoms with Crippen molar-refractivity contribution in [2.24, 2.45) is 0 Å². The molecule has 148 valence electrons. The third-order valence-electron chi connectivity index (χ3n) is 4.39. The Morgan fingerprint density at radius 3 is 1.22 bits per heavy atom. The number of ether oxygens (including phenoxy) is 2. The molecule has 0 aromatic heterocycles. The molecule has 2 aliphatic heterocycles. The van der Waals surface area contributed by atoms with Gasteiger partial charge in [0.05, 0.1) is 26.4 Å². The first-order valence-electron chi connectivity index (χ1n) is 8.90. The van der Waals surface area contributed by atoms with Crippen molar-refractivity contribution < 1.29 is 29.9 Å². The first-order chi connectivity index (χ1) is 12.9. The fourth-order valence-corrected chi connectivity index (χ4v) is 2.27. The Labute approximate surface area is 159 Å². The molecule has 0 saturated carbocycles. The van der Waals surface area contributed by atoms with Gasteiger partial charge in [-0.1, -0.05) is 38.1 Å². The molecule has 0 aliphatic carbocycles. The lowest BCUT2D eigenvalue weighted by Crippen LogP contribution is -2.18. The third kappa shape index (κ3) is 7.19. The molecule has 0 spiro atoms. The van der Waals surface area contributed by atoms with Crippen LogP contribution >= 0.6 is 0 Å². The lowest BCUT2D eigenvalue weighted by Gasteiger charge is -2.26. The number of phenolic OH excluding ortho intramolecular Hbond substituents is 2. The summed E-state index contributed by atoms with van der Waals surface area (Å²) in [6, 6.07) is 14.4. The van der Waals surface area contributed by atoms with Gasteiger partial charge in [0.25, 0.3) is 0 Å². The SMILES string of the molecule is CC(C)(c1ccc(O)cc1)c1ccc(O)cc1.OCC1CO1.OCC1CO1. The number of rotatable bonds is 4. The average molecular weight is 376 g/mol. The van der Waals surface area contributed by atoms with Crippen LogP contribution in [0.2, 0.25) is 0 Å². The second-order valence-corrected chi connectivity index (χ2v) is 6.99. The van der Waals surface area contributed by atoms with Gasteiger partial charge in [-0.15, -0.1) is 0 Å². The normalized spacial score (nSPS) is 19.9. The van der Waals surface area contributed by atoms with Crippen LogP contribution in [-0.4, -0.2) is 59.1 Å². The second kappa shape index (κ2) is 9.71. The largest absolute Gasteiger partial charge is 0.508 e. The number of phenols is 2. The summed E-state index contributed by atoms with van der Waals surface area (Å²) in [6.07, 6.45) is 0.380. The molecule has 2 heterocycles. The number of hydrogen-bond acceptors (Lipinski definition) is 6. The van der Waals surface area contributed by atoms with Crippen LogP contribution in [-0.2, 0) is 14.9 Å². The van der Waals surface area contributed by atoms with Crippen LogP contribution in [0.5, 0.6) is 11.5 Å². The topological polar surface area (TPSA) is 106 Å². The molecule has 0 radical (unpaired) electrons. The molecule has 6 heteroatoms. The van der Waals surface area contributed by atoms with Crippen LogP contribution in [0.25, 0.3) is 0 Å². The van der Waals surface area contributed by atoms with E-state index in [2.05, 4.69) is 23.3 Å². The van der Waals surface area contributed by atoms with Crippen LogP contribution in [0.3, 0.4) is 0 Å². The highest BCUT2D eigenvalue weighted by atomic mass is 16.6. The van der Waals surface area contributed by atoms with Crippen molar-refractivity contribution in [2.45, 2.75) is 31.5 Å². The minimum absolute atomic E-state index is 0.151. The van der Waals surface area contributed by atoms with Gasteiger partial charge < -0.3 is 29.9 Å². The summed E-state index contributed by atoms with van der Waals surface area (Å²) in [7, 11) is 0. The highest BCUT2D eigenvalue weighted by Gasteiger charge is 2.23. The van der Waals surface area contributed by atoms with Gasteiger partial charge in [0.1, 0.15) is 23.7 Å². The summed E-state index contributed by atoms with van der Waals surface area (Å²) in [5, 5.41) is 34.8. The predicted molar refractivity (Wildman–Crippen MR) is 102 cm³/mol. The van der Waals surface area contributed by atoms with E-state index in [0.717, 1.165) is 24.3 Å². The van der Waals surface area contributed by atoms with Crippen LogP contribution < -0.4 is 0 Å². The molecule has 2 fully saturated rings. The second-order valence-electron chi connectivity index (χ2n) is 6.99. The molecule has 2 unspecified atom stereocenters. The van der Waals surface area contributed by atoms with Gasteiger partial charge >= 0.3 is 0 Å². The van der Waals surface area contributed by atoms with E-state index in [9.17, 15) is 10.2 Å². The summed E-state index contributed by atoms with van der Waals surface area (Å²) in [4.78, 5) is 0. The zero-order valence-corrected chi connectivity index (χ0v) is 15.7. The van der Waals surface area contributed by atoms with E-state index in [1.807, 2.05) is 24.3 Å². The Hall–Kier alpha value is -2.12. The van der Waals surface area contributed by atoms with Gasteiger partial charge in [0.15, 0.2) is 0 Å². The van der Waals surface area contributed by atoms with Gasteiger partial charge in [-0.05, 0) is 35.4 Å². The van der Waals surface area contributed by atoms with E-state index in [1.165, 1.54) is 0 Å². The van der Waals surface area contributed by atoms with Crippen molar-refractivity contribution in [3.8, 4) is 11.5 Å². The van der Waals surface area contributed by atoms with Crippen molar-refractivity contribution in [3.63, 3.8) is 0 Å². The van der Waals surface area contributed by atoms with Gasteiger partial charge in [-0.2, -0.15) is 0 Å². The molecule has 2 aliphatic rings. The first kappa shape index (κ1) is 21.2. The highest BCUT2D eigenvalue weighted by molar-refractivity contribution is 5.41. The third-order valence-corrected chi connectivity index (χ3v) is 4.39. The maximum absolute atomic E-state index is 9.30. The first-order valence-corrected chi connectivity index (χ1v) is 8.90. The van der Waals surface area contributed by atoms with E-state index >= 15 is 0 Å². The van der Waals surface area contributed by atoms with Crippen molar-refractivity contribution in [1.29, 1.82) is 0 Å². The number of aliphatic hydroxyl groups is 2. The van der Waals surface area contributed by atoms with E-state index in [1.54, 1.807) is 24.3 Å². The summed E-state index contributed by atoms with van der Waals surface area (Å²) >= 11 is 0. The maximum Gasteiger partial charge on any atom is 0.115 e. The van der Waals surface area contributed by atoms with Gasteiger partial charge in [-0.3, -0.25) is 0 Å². The Kier molecular flexibility index (Phi) is 7.62. The van der Waals surface area contributed by atoms with Crippen molar-refractivity contribution in [2.75, 3.05) is 26.4 Å². The molecule has 27 heavy (non-hydrogen) atoms. The molecule has 2 saturated heterocycles. The zero-order chi connectivity index (χ0) is 19.9. The average Bonchev–Trinajstić information content (AvgIpc) is 3.57. The van der Waals surface area contributed by atoms with Crippen molar-refractivity contribution in [3.05, 3.63) is 59.7 Å². The minimum atomic E-state index is -0.151. The predicted octanol–water partition coefficient (Wildman–Crippen LogP) is 2.18. The number of aliphatic hydroxyl groups excluding tert-OH is 2. The van der Waals surface area contributed by atoms with Crippen LogP contribution in [0.15, 0.2) is 48.5 Å². The molecular formula is C21H28O6. The molecule has 2 atom stereocenters. The number of epoxide rings is 2. The van der Waals surface area contributed by atoms with Crippen LogP contribution in [0.4, 0.5) is 0 Å². The smallest absolute Gasteiger partial charge is 0.115 e. The molecule has 0 amide bonds. The van der Waals surface area contributed by atoms with E-state index in [-0.39, 0.29) is 42.3 Å². The monoisotopic (exact) mass is 376 g/mol. The number of aromatic hydroxyl groups is 2. The Morgan fingerprint density at radius 1 is 0.741 bits per heavy atom. The highest BCUT2D eigenvalue weighted by Crippen LogP contribution is 2.32. The van der Waals surface area contributed by atoms with Crippen LogP contribution in [0.1, 0.15) is 25.0 Å². The summed E-state index contributed by atoms with van der Waals surface area (Å²) < 4.78 is 9.22. The van der Waals surface area contributed by atoms with Crippen molar-refractivity contribution in [1.82, 2.24) is 0 Å². The molecule has 2 aromatic rings. The summed E-state index contributed by atoms with van der Waals surface area (Å²) in [5.41, 5.74) is 2.10. The minimum Gasteiger partial charge on any atom is -0.508 e. The lowest BCUT2D eigenvalue weighted by molar-refractivity contribution is 0.244. The molecule has 2 aromatic carbocycles. The Morgan fingerprint density at radius 2 is 1.04 bits per heavy atom. The molecule has 4 rings (SSSR count). The molecule has 4 N–H and O–H groups in total. The van der Waals surface area contributed by atoms with Gasteiger partial charge in [0.2, 0.25) is 0 Å². The summed E-state index contributed by atoms with van der Waals surface area (Å²) in [6.45, 7) is 6.14. The molecule has 6 nitrogen and oxygen atoms in total. The Bertz CT molecular complexity index is 613. The van der Waals surface area contributed by atoms with E-state index in [4.69, 9.17) is 10.2 Å². The zero-order valence-electron chi connectivity index (χ0n) is 15.7. The molecule has 0 bridgehead atoms. The van der Waals surface area contributed by atoms with Crippen LogP contribution in [0, 0.1) is 0 Å². The maximum atomic E-state index is 9.30. The van der Waals surface area contributed by atoms with E-state index in [0.29, 0.717) is 0 Å². The van der Waals surface area contributed by atoms with Gasteiger partial charge in [-0.25, -0.2) is 0 Å². The summed E-state index contributed by atoms with van der Waals surface area (Å²) in [5.74, 6) is 0.547. The fourth-order valence-electron chi connectivity index (χ4n) is 2.27. The number of benzene rings is 2.